The highest BCUT2D eigenvalue weighted by molar-refractivity contribution is 5.94. The molecule has 7 nitrogen and oxygen atoms in total. The average molecular weight is 437 g/mol. The van der Waals surface area contributed by atoms with Crippen molar-refractivity contribution in [3.05, 3.63) is 102 Å². The number of aromatic nitrogens is 3. The van der Waals surface area contributed by atoms with E-state index in [4.69, 9.17) is 5.26 Å². The van der Waals surface area contributed by atoms with Gasteiger partial charge in [0.05, 0.1) is 17.8 Å². The van der Waals surface area contributed by atoms with Gasteiger partial charge >= 0.3 is 0 Å². The summed E-state index contributed by atoms with van der Waals surface area (Å²) in [4.78, 5) is 17.5. The van der Waals surface area contributed by atoms with Crippen LogP contribution in [0.25, 0.3) is 11.1 Å². The number of anilines is 1. The van der Waals surface area contributed by atoms with E-state index in [1.54, 1.807) is 35.3 Å². The molecule has 0 fully saturated rings. The van der Waals surface area contributed by atoms with Crippen LogP contribution in [0.2, 0.25) is 0 Å². The van der Waals surface area contributed by atoms with Crippen LogP contribution >= 0.6 is 0 Å². The van der Waals surface area contributed by atoms with Crippen molar-refractivity contribution in [2.24, 2.45) is 7.05 Å². The molecular weight excluding hydrogens is 412 g/mol. The van der Waals surface area contributed by atoms with Crippen LogP contribution in [-0.4, -0.2) is 27.2 Å². The number of aryl methyl sites for hydroxylation is 1. The molecule has 164 valence electrons. The van der Waals surface area contributed by atoms with Crippen molar-refractivity contribution >= 4 is 11.7 Å². The fourth-order valence-electron chi connectivity index (χ4n) is 3.52. The van der Waals surface area contributed by atoms with Gasteiger partial charge < -0.3 is 10.6 Å². The van der Waals surface area contributed by atoms with Gasteiger partial charge in [-0.1, -0.05) is 42.5 Å². The third-order valence-electron chi connectivity index (χ3n) is 5.29. The molecule has 2 aromatic carbocycles. The SMILES string of the molecule is Cn1cc(-c2ccc(NC(=O)[C@H](NCCc3ccc(C#N)cc3)c3ccccc3)nc2)cn1. The molecule has 0 unspecified atom stereocenters. The minimum atomic E-state index is -0.524. The summed E-state index contributed by atoms with van der Waals surface area (Å²) in [6.45, 7) is 0.603. The number of benzene rings is 2. The predicted molar refractivity (Wildman–Crippen MR) is 127 cm³/mol. The lowest BCUT2D eigenvalue weighted by Gasteiger charge is -2.19. The molecule has 0 spiro atoms. The van der Waals surface area contributed by atoms with Crippen LogP contribution < -0.4 is 10.6 Å². The Hall–Kier alpha value is -4.28. The van der Waals surface area contributed by atoms with Crippen LogP contribution in [0.5, 0.6) is 0 Å². The molecule has 0 aliphatic heterocycles. The first-order valence-electron chi connectivity index (χ1n) is 10.7. The average Bonchev–Trinajstić information content (AvgIpc) is 3.29. The molecular formula is C26H24N6O. The maximum Gasteiger partial charge on any atom is 0.247 e. The summed E-state index contributed by atoms with van der Waals surface area (Å²) in [5.41, 5.74) is 4.51. The van der Waals surface area contributed by atoms with E-state index >= 15 is 0 Å². The zero-order valence-corrected chi connectivity index (χ0v) is 18.3. The maximum atomic E-state index is 13.1. The summed E-state index contributed by atoms with van der Waals surface area (Å²) in [7, 11) is 1.86. The summed E-state index contributed by atoms with van der Waals surface area (Å²) in [6.07, 6.45) is 6.15. The molecule has 0 bridgehead atoms. The lowest BCUT2D eigenvalue weighted by molar-refractivity contribution is -0.118. The van der Waals surface area contributed by atoms with Gasteiger partial charge in [-0.3, -0.25) is 9.48 Å². The van der Waals surface area contributed by atoms with E-state index < -0.39 is 6.04 Å². The molecule has 0 aliphatic carbocycles. The Labute approximate surface area is 192 Å². The van der Waals surface area contributed by atoms with Gasteiger partial charge in [-0.25, -0.2) is 4.98 Å². The number of amides is 1. The number of carbonyl (C=O) groups excluding carboxylic acids is 1. The third kappa shape index (κ3) is 5.70. The van der Waals surface area contributed by atoms with Gasteiger partial charge in [0.15, 0.2) is 0 Å². The van der Waals surface area contributed by atoms with Crippen molar-refractivity contribution in [3.8, 4) is 17.2 Å². The van der Waals surface area contributed by atoms with Gasteiger partial charge in [0, 0.05) is 37.1 Å². The van der Waals surface area contributed by atoms with Crippen LogP contribution in [0.4, 0.5) is 5.82 Å². The highest BCUT2D eigenvalue weighted by Gasteiger charge is 2.20. The number of rotatable bonds is 8. The molecule has 0 aliphatic rings. The lowest BCUT2D eigenvalue weighted by Crippen LogP contribution is -2.34. The van der Waals surface area contributed by atoms with E-state index in [0.717, 1.165) is 28.7 Å². The number of carbonyl (C=O) groups is 1. The van der Waals surface area contributed by atoms with Gasteiger partial charge in [-0.05, 0) is 41.8 Å². The van der Waals surface area contributed by atoms with Crippen molar-refractivity contribution in [2.45, 2.75) is 12.5 Å². The van der Waals surface area contributed by atoms with Gasteiger partial charge in [0.2, 0.25) is 5.91 Å². The highest BCUT2D eigenvalue weighted by Crippen LogP contribution is 2.20. The van der Waals surface area contributed by atoms with Gasteiger partial charge in [-0.15, -0.1) is 0 Å². The molecule has 33 heavy (non-hydrogen) atoms. The first-order valence-corrected chi connectivity index (χ1v) is 10.7. The van der Waals surface area contributed by atoms with Crippen molar-refractivity contribution in [2.75, 3.05) is 11.9 Å². The molecule has 1 amide bonds. The Morgan fingerprint density at radius 2 is 1.82 bits per heavy atom. The molecule has 0 radical (unpaired) electrons. The van der Waals surface area contributed by atoms with Gasteiger partial charge in [-0.2, -0.15) is 10.4 Å². The smallest absolute Gasteiger partial charge is 0.247 e. The summed E-state index contributed by atoms with van der Waals surface area (Å²) in [6, 6.07) is 22.4. The Bertz CT molecular complexity index is 1240. The molecule has 1 atom stereocenters. The van der Waals surface area contributed by atoms with Crippen molar-refractivity contribution < 1.29 is 4.79 Å². The van der Waals surface area contributed by atoms with Gasteiger partial charge in [0.25, 0.3) is 0 Å². The normalized spacial score (nSPS) is 11.5. The highest BCUT2D eigenvalue weighted by atomic mass is 16.2. The zero-order valence-electron chi connectivity index (χ0n) is 18.3. The molecule has 2 aromatic heterocycles. The van der Waals surface area contributed by atoms with Crippen molar-refractivity contribution in [1.82, 2.24) is 20.1 Å². The second-order valence-corrected chi connectivity index (χ2v) is 7.68. The first-order chi connectivity index (χ1) is 16.1. The van der Waals surface area contributed by atoms with Crippen LogP contribution in [0.1, 0.15) is 22.7 Å². The number of hydrogen-bond acceptors (Lipinski definition) is 5. The van der Waals surface area contributed by atoms with Crippen LogP contribution in [-0.2, 0) is 18.3 Å². The summed E-state index contributed by atoms with van der Waals surface area (Å²) >= 11 is 0. The van der Waals surface area contributed by atoms with Crippen molar-refractivity contribution in [1.29, 1.82) is 5.26 Å². The zero-order chi connectivity index (χ0) is 23.0. The topological polar surface area (TPSA) is 95.6 Å². The monoisotopic (exact) mass is 436 g/mol. The number of nitrogens with one attached hydrogen (secondary N) is 2. The van der Waals surface area contributed by atoms with Crippen LogP contribution in [0, 0.1) is 11.3 Å². The third-order valence-corrected chi connectivity index (χ3v) is 5.29. The lowest BCUT2D eigenvalue weighted by atomic mass is 10.0. The van der Waals surface area contributed by atoms with Crippen LogP contribution in [0.15, 0.2) is 85.3 Å². The maximum absolute atomic E-state index is 13.1. The van der Waals surface area contributed by atoms with E-state index in [2.05, 4.69) is 26.8 Å². The number of nitrogens with zero attached hydrogens (tertiary/aromatic N) is 4. The second kappa shape index (κ2) is 10.4. The molecule has 0 saturated heterocycles. The Kier molecular flexibility index (Phi) is 6.88. The van der Waals surface area contributed by atoms with E-state index in [1.807, 2.05) is 61.8 Å². The standard InChI is InChI=1S/C26H24N6O/c1-32-18-23(17-30-32)22-11-12-24(29-16-22)31-26(33)25(21-5-3-2-4-6-21)28-14-13-19-7-9-20(15-27)10-8-19/h2-12,16-18,25,28H,13-14H2,1H3,(H,29,31,33)/t25-/m1/s1. The molecule has 2 heterocycles. The first kappa shape index (κ1) is 21.9. The molecule has 4 rings (SSSR count). The number of pyridine rings is 1. The molecule has 2 N–H and O–H groups in total. The van der Waals surface area contributed by atoms with Crippen LogP contribution in [0.3, 0.4) is 0 Å². The van der Waals surface area contributed by atoms with E-state index in [0.29, 0.717) is 17.9 Å². The summed E-state index contributed by atoms with van der Waals surface area (Å²) < 4.78 is 1.74. The minimum absolute atomic E-state index is 0.178. The second-order valence-electron chi connectivity index (χ2n) is 7.68. The van der Waals surface area contributed by atoms with Crippen molar-refractivity contribution in [3.63, 3.8) is 0 Å². The van der Waals surface area contributed by atoms with E-state index in [-0.39, 0.29) is 5.91 Å². The number of hydrogen-bond donors (Lipinski definition) is 2. The Morgan fingerprint density at radius 3 is 2.45 bits per heavy atom. The molecule has 4 aromatic rings. The Balaban J connectivity index is 1.42. The fourth-order valence-corrected chi connectivity index (χ4v) is 3.52. The predicted octanol–water partition coefficient (Wildman–Crippen LogP) is 3.87. The molecule has 7 heteroatoms. The minimum Gasteiger partial charge on any atom is -0.309 e. The number of nitriles is 1. The van der Waals surface area contributed by atoms with Gasteiger partial charge in [0.1, 0.15) is 11.9 Å². The summed E-state index contributed by atoms with van der Waals surface area (Å²) in [5, 5.41) is 19.4. The van der Waals surface area contributed by atoms with E-state index in [9.17, 15) is 4.79 Å². The largest absolute Gasteiger partial charge is 0.309 e. The Morgan fingerprint density at radius 1 is 1.03 bits per heavy atom. The summed E-state index contributed by atoms with van der Waals surface area (Å²) in [5.74, 6) is 0.310. The fraction of sp³-hybridized carbons (Fsp3) is 0.154. The van der Waals surface area contributed by atoms with E-state index in [1.165, 1.54) is 0 Å². The molecule has 0 saturated carbocycles. The quantitative estimate of drug-likeness (QED) is 0.437.